The SMILES string of the molecule is O=C(CNc1ccc(OCc2ccccc2)cc1)[C@@H]1Cc2ccccc2N1. The Hall–Kier alpha value is -3.27. The lowest BCUT2D eigenvalue weighted by Crippen LogP contribution is -2.32. The summed E-state index contributed by atoms with van der Waals surface area (Å²) in [6, 6.07) is 25.7. The van der Waals surface area contributed by atoms with Gasteiger partial charge in [0.15, 0.2) is 5.78 Å². The number of rotatable bonds is 7. The van der Waals surface area contributed by atoms with Gasteiger partial charge in [-0.15, -0.1) is 0 Å². The number of ether oxygens (including phenoxy) is 1. The standard InChI is InChI=1S/C23H22N2O2/c26-23(22-14-18-8-4-5-9-21(18)25-22)15-24-19-10-12-20(13-11-19)27-16-17-6-2-1-3-7-17/h1-13,22,24-25H,14-16H2/t22-/m0/s1. The van der Waals surface area contributed by atoms with Crippen LogP contribution in [-0.2, 0) is 17.8 Å². The van der Waals surface area contributed by atoms with Gasteiger partial charge in [0.25, 0.3) is 0 Å². The first-order valence-electron chi connectivity index (χ1n) is 9.16. The van der Waals surface area contributed by atoms with Gasteiger partial charge in [0.1, 0.15) is 12.4 Å². The van der Waals surface area contributed by atoms with Gasteiger partial charge in [0.2, 0.25) is 0 Å². The third-order valence-electron chi connectivity index (χ3n) is 4.73. The van der Waals surface area contributed by atoms with Crippen LogP contribution in [0.25, 0.3) is 0 Å². The highest BCUT2D eigenvalue weighted by Gasteiger charge is 2.25. The number of carbonyl (C=O) groups excluding carboxylic acids is 1. The van der Waals surface area contributed by atoms with Crippen LogP contribution in [-0.4, -0.2) is 18.4 Å². The van der Waals surface area contributed by atoms with Crippen molar-refractivity contribution in [1.29, 1.82) is 0 Å². The third-order valence-corrected chi connectivity index (χ3v) is 4.73. The average molecular weight is 358 g/mol. The van der Waals surface area contributed by atoms with E-state index in [-0.39, 0.29) is 11.8 Å². The fourth-order valence-corrected chi connectivity index (χ4v) is 3.21. The van der Waals surface area contributed by atoms with E-state index in [9.17, 15) is 4.79 Å². The minimum atomic E-state index is -0.150. The average Bonchev–Trinajstić information content (AvgIpc) is 3.16. The Morgan fingerprint density at radius 1 is 0.963 bits per heavy atom. The maximum absolute atomic E-state index is 12.5. The van der Waals surface area contributed by atoms with E-state index in [2.05, 4.69) is 16.7 Å². The molecule has 0 aromatic heterocycles. The molecule has 1 heterocycles. The lowest BCUT2D eigenvalue weighted by atomic mass is 10.1. The summed E-state index contributed by atoms with van der Waals surface area (Å²) < 4.78 is 5.79. The van der Waals surface area contributed by atoms with E-state index in [0.717, 1.165) is 29.1 Å². The lowest BCUT2D eigenvalue weighted by molar-refractivity contribution is -0.118. The highest BCUT2D eigenvalue weighted by molar-refractivity contribution is 5.92. The first-order valence-corrected chi connectivity index (χ1v) is 9.16. The van der Waals surface area contributed by atoms with Crippen LogP contribution in [0.3, 0.4) is 0 Å². The van der Waals surface area contributed by atoms with Gasteiger partial charge >= 0.3 is 0 Å². The molecule has 4 rings (SSSR count). The lowest BCUT2D eigenvalue weighted by Gasteiger charge is -2.12. The summed E-state index contributed by atoms with van der Waals surface area (Å²) >= 11 is 0. The maximum atomic E-state index is 12.5. The van der Waals surface area contributed by atoms with Crippen LogP contribution in [0.1, 0.15) is 11.1 Å². The molecule has 4 nitrogen and oxygen atoms in total. The second kappa shape index (κ2) is 7.96. The number of nitrogens with one attached hydrogen (secondary N) is 2. The zero-order chi connectivity index (χ0) is 18.5. The van der Waals surface area contributed by atoms with E-state index in [1.54, 1.807) is 0 Å². The van der Waals surface area contributed by atoms with E-state index in [0.29, 0.717) is 13.2 Å². The van der Waals surface area contributed by atoms with Crippen molar-refractivity contribution in [2.45, 2.75) is 19.1 Å². The summed E-state index contributed by atoms with van der Waals surface area (Å²) in [5.41, 5.74) is 4.31. The molecule has 1 atom stereocenters. The number of hydrogen-bond acceptors (Lipinski definition) is 4. The number of para-hydroxylation sites is 1. The van der Waals surface area contributed by atoms with Crippen LogP contribution in [0.5, 0.6) is 5.75 Å². The molecule has 0 unspecified atom stereocenters. The zero-order valence-electron chi connectivity index (χ0n) is 15.0. The highest BCUT2D eigenvalue weighted by atomic mass is 16.5. The fraction of sp³-hybridized carbons (Fsp3) is 0.174. The molecular formula is C23H22N2O2. The van der Waals surface area contributed by atoms with Gasteiger partial charge in [-0.1, -0.05) is 48.5 Å². The van der Waals surface area contributed by atoms with Crippen molar-refractivity contribution < 1.29 is 9.53 Å². The van der Waals surface area contributed by atoms with Gasteiger partial charge in [-0.3, -0.25) is 4.79 Å². The third kappa shape index (κ3) is 4.29. The molecule has 2 N–H and O–H groups in total. The number of fused-ring (bicyclic) bond motifs is 1. The fourth-order valence-electron chi connectivity index (χ4n) is 3.21. The molecule has 0 fully saturated rings. The van der Waals surface area contributed by atoms with Gasteiger partial charge < -0.3 is 15.4 Å². The summed E-state index contributed by atoms with van der Waals surface area (Å²) in [7, 11) is 0. The Kier molecular flexibility index (Phi) is 5.06. The molecular weight excluding hydrogens is 336 g/mol. The largest absolute Gasteiger partial charge is 0.489 e. The van der Waals surface area contributed by atoms with Gasteiger partial charge in [-0.2, -0.15) is 0 Å². The molecule has 136 valence electrons. The molecule has 0 aliphatic carbocycles. The molecule has 0 radical (unpaired) electrons. The molecule has 0 saturated heterocycles. The number of Topliss-reactive ketones (excluding diaryl/α,β-unsaturated/α-hetero) is 1. The van der Waals surface area contributed by atoms with E-state index in [4.69, 9.17) is 4.74 Å². The van der Waals surface area contributed by atoms with Crippen molar-refractivity contribution in [3.63, 3.8) is 0 Å². The highest BCUT2D eigenvalue weighted by Crippen LogP contribution is 2.25. The molecule has 27 heavy (non-hydrogen) atoms. The zero-order valence-corrected chi connectivity index (χ0v) is 15.0. The van der Waals surface area contributed by atoms with Crippen molar-refractivity contribution in [2.24, 2.45) is 0 Å². The minimum Gasteiger partial charge on any atom is -0.489 e. The van der Waals surface area contributed by atoms with Crippen LogP contribution in [0.4, 0.5) is 11.4 Å². The Balaban J connectivity index is 1.26. The van der Waals surface area contributed by atoms with E-state index >= 15 is 0 Å². The second-order valence-electron chi connectivity index (χ2n) is 6.68. The van der Waals surface area contributed by atoms with E-state index in [1.165, 1.54) is 5.56 Å². The molecule has 3 aromatic rings. The van der Waals surface area contributed by atoms with Gasteiger partial charge in [-0.25, -0.2) is 0 Å². The van der Waals surface area contributed by atoms with Crippen molar-refractivity contribution in [1.82, 2.24) is 0 Å². The maximum Gasteiger partial charge on any atom is 0.174 e. The molecule has 1 aliphatic heterocycles. The molecule has 4 heteroatoms. The summed E-state index contributed by atoms with van der Waals surface area (Å²) in [6.45, 7) is 0.843. The van der Waals surface area contributed by atoms with Crippen molar-refractivity contribution in [3.05, 3.63) is 90.0 Å². The van der Waals surface area contributed by atoms with Gasteiger partial charge in [0, 0.05) is 17.8 Å². The Bertz CT molecular complexity index is 882. The number of benzene rings is 3. The normalized spacial score (nSPS) is 14.9. The van der Waals surface area contributed by atoms with E-state index < -0.39 is 0 Å². The van der Waals surface area contributed by atoms with Crippen LogP contribution < -0.4 is 15.4 Å². The number of ketones is 1. The first kappa shape index (κ1) is 17.2. The summed E-state index contributed by atoms with van der Waals surface area (Å²) in [5, 5.41) is 6.51. The van der Waals surface area contributed by atoms with Crippen LogP contribution in [0.2, 0.25) is 0 Å². The number of anilines is 2. The second-order valence-corrected chi connectivity index (χ2v) is 6.68. The topological polar surface area (TPSA) is 50.4 Å². The Morgan fingerprint density at radius 3 is 2.48 bits per heavy atom. The monoisotopic (exact) mass is 358 g/mol. The quantitative estimate of drug-likeness (QED) is 0.662. The Morgan fingerprint density at radius 2 is 1.70 bits per heavy atom. The smallest absolute Gasteiger partial charge is 0.174 e. The Labute approximate surface area is 159 Å². The van der Waals surface area contributed by atoms with E-state index in [1.807, 2.05) is 72.8 Å². The van der Waals surface area contributed by atoms with Crippen molar-refractivity contribution in [3.8, 4) is 5.75 Å². The predicted octanol–water partition coefficient (Wildman–Crippen LogP) is 4.28. The van der Waals surface area contributed by atoms with Crippen LogP contribution in [0.15, 0.2) is 78.9 Å². The van der Waals surface area contributed by atoms with Gasteiger partial charge in [-0.05, 0) is 41.5 Å². The molecule has 1 aliphatic rings. The van der Waals surface area contributed by atoms with Crippen LogP contribution in [0, 0.1) is 0 Å². The summed E-state index contributed by atoms with van der Waals surface area (Å²) in [5.74, 6) is 0.972. The predicted molar refractivity (Wildman–Crippen MR) is 108 cm³/mol. The van der Waals surface area contributed by atoms with Gasteiger partial charge in [0.05, 0.1) is 12.6 Å². The summed E-state index contributed by atoms with van der Waals surface area (Å²) in [6.07, 6.45) is 0.753. The molecule has 0 bridgehead atoms. The summed E-state index contributed by atoms with van der Waals surface area (Å²) in [4.78, 5) is 12.5. The molecule has 0 spiro atoms. The van der Waals surface area contributed by atoms with Crippen molar-refractivity contribution in [2.75, 3.05) is 17.2 Å². The minimum absolute atomic E-state index is 0.150. The number of hydrogen-bond donors (Lipinski definition) is 2. The molecule has 0 amide bonds. The molecule has 3 aromatic carbocycles. The van der Waals surface area contributed by atoms with Crippen molar-refractivity contribution >= 4 is 17.2 Å². The number of carbonyl (C=O) groups is 1. The first-order chi connectivity index (χ1) is 13.3. The molecule has 0 saturated carbocycles. The van der Waals surface area contributed by atoms with Crippen LogP contribution >= 0.6 is 0 Å².